The number of carbonyl (C=O) groups excluding carboxylic acids is 1. The van der Waals surface area contributed by atoms with E-state index in [0.29, 0.717) is 23.0 Å². The summed E-state index contributed by atoms with van der Waals surface area (Å²) >= 11 is 1.56. The molecule has 0 unspecified atom stereocenters. The van der Waals surface area contributed by atoms with Gasteiger partial charge in [-0.2, -0.15) is 4.98 Å². The van der Waals surface area contributed by atoms with E-state index in [1.807, 2.05) is 24.3 Å². The molecule has 0 amide bonds. The van der Waals surface area contributed by atoms with E-state index in [9.17, 15) is 14.7 Å². The van der Waals surface area contributed by atoms with Crippen molar-refractivity contribution in [3.63, 3.8) is 0 Å². The zero-order chi connectivity index (χ0) is 21.1. The molecule has 2 aromatic heterocycles. The average Bonchev–Trinajstić information content (AvgIpc) is 3.41. The van der Waals surface area contributed by atoms with Gasteiger partial charge in [0.2, 0.25) is 0 Å². The smallest absolute Gasteiger partial charge is 0.332 e. The summed E-state index contributed by atoms with van der Waals surface area (Å²) in [5.41, 5.74) is 1.75. The maximum Gasteiger partial charge on any atom is 0.332 e. The van der Waals surface area contributed by atoms with Gasteiger partial charge < -0.3 is 9.63 Å². The highest BCUT2D eigenvalue weighted by Gasteiger charge is 2.41. The second-order valence-corrected chi connectivity index (χ2v) is 10.0. The first-order chi connectivity index (χ1) is 15.1. The molecule has 7 rings (SSSR count). The van der Waals surface area contributed by atoms with E-state index < -0.39 is 5.97 Å². The molecule has 2 fully saturated rings. The van der Waals surface area contributed by atoms with Crippen molar-refractivity contribution in [2.24, 2.45) is 11.8 Å². The zero-order valence-corrected chi connectivity index (χ0v) is 17.8. The predicted octanol–water partition coefficient (Wildman–Crippen LogP) is 5.14. The number of benzene rings is 1. The quantitative estimate of drug-likeness (QED) is 0.577. The number of aromatic nitrogens is 2. The van der Waals surface area contributed by atoms with Crippen LogP contribution in [0.3, 0.4) is 0 Å². The number of rotatable bonds is 6. The Morgan fingerprint density at radius 3 is 2.39 bits per heavy atom. The Labute approximate surface area is 183 Å². The van der Waals surface area contributed by atoms with Gasteiger partial charge in [-0.3, -0.25) is 4.79 Å². The second-order valence-electron chi connectivity index (χ2n) is 8.91. The van der Waals surface area contributed by atoms with E-state index in [1.165, 1.54) is 0 Å². The molecule has 1 N–H and O–H groups in total. The number of fused-ring (bicyclic) bond motifs is 3. The van der Waals surface area contributed by atoms with Crippen LogP contribution in [0.2, 0.25) is 0 Å². The van der Waals surface area contributed by atoms with Gasteiger partial charge in [-0.25, -0.2) is 4.79 Å². The fraction of sp³-hybridized carbons (Fsp3) is 0.417. The van der Waals surface area contributed by atoms with Crippen molar-refractivity contribution < 1.29 is 19.2 Å². The van der Waals surface area contributed by atoms with Crippen LogP contribution in [0.5, 0.6) is 0 Å². The number of carboxylic acids is 1. The molecule has 4 aliphatic rings. The van der Waals surface area contributed by atoms with Crippen molar-refractivity contribution >= 4 is 33.2 Å². The van der Waals surface area contributed by atoms with E-state index >= 15 is 0 Å². The van der Waals surface area contributed by atoms with E-state index in [2.05, 4.69) is 10.1 Å². The van der Waals surface area contributed by atoms with Gasteiger partial charge in [0.15, 0.2) is 11.6 Å². The van der Waals surface area contributed by atoms with E-state index in [4.69, 9.17) is 4.52 Å². The minimum absolute atomic E-state index is 0.0142. The summed E-state index contributed by atoms with van der Waals surface area (Å²) in [6, 6.07) is 7.98. The van der Waals surface area contributed by atoms with E-state index in [1.54, 1.807) is 11.3 Å². The van der Waals surface area contributed by atoms with E-state index in [0.717, 1.165) is 64.9 Å². The Balaban J connectivity index is 1.42. The maximum atomic E-state index is 13.5. The maximum absolute atomic E-state index is 13.5. The normalized spacial score (nSPS) is 23.0. The van der Waals surface area contributed by atoms with Gasteiger partial charge in [0.25, 0.3) is 5.89 Å². The lowest BCUT2D eigenvalue weighted by atomic mass is 9.65. The molecule has 31 heavy (non-hydrogen) atoms. The summed E-state index contributed by atoms with van der Waals surface area (Å²) in [5.74, 6) is 0.671. The Morgan fingerprint density at radius 1 is 1.00 bits per heavy atom. The molecular weight excluding hydrogens is 412 g/mol. The number of hydrogen-bond donors (Lipinski definition) is 1. The second kappa shape index (κ2) is 7.12. The van der Waals surface area contributed by atoms with Crippen LogP contribution in [0.15, 0.2) is 39.9 Å². The lowest BCUT2D eigenvalue weighted by molar-refractivity contribution is -0.134. The highest BCUT2D eigenvalue weighted by molar-refractivity contribution is 7.19. The van der Waals surface area contributed by atoms with Crippen LogP contribution in [0.1, 0.15) is 55.1 Å². The summed E-state index contributed by atoms with van der Waals surface area (Å²) in [4.78, 5) is 31.0. The van der Waals surface area contributed by atoms with E-state index in [-0.39, 0.29) is 24.0 Å². The number of nitrogens with zero attached hydrogens (tertiary/aromatic N) is 2. The van der Waals surface area contributed by atoms with Gasteiger partial charge in [-0.05, 0) is 56.4 Å². The number of Topliss-reactive ketones (excluding diaryl/α,β-unsaturated/α-hetero) is 1. The third kappa shape index (κ3) is 3.14. The lowest BCUT2D eigenvalue weighted by Gasteiger charge is -2.38. The summed E-state index contributed by atoms with van der Waals surface area (Å²) in [6.45, 7) is 0. The van der Waals surface area contributed by atoms with Gasteiger partial charge in [-0.1, -0.05) is 23.4 Å². The monoisotopic (exact) mass is 434 g/mol. The van der Waals surface area contributed by atoms with Crippen molar-refractivity contribution in [1.29, 1.82) is 0 Å². The Hall–Kier alpha value is -2.80. The zero-order valence-electron chi connectivity index (χ0n) is 17.0. The minimum Gasteiger partial charge on any atom is -0.478 e. The van der Waals surface area contributed by atoms with Gasteiger partial charge >= 0.3 is 5.97 Å². The molecule has 0 atom stereocenters. The largest absolute Gasteiger partial charge is 0.478 e. The number of hydrogen-bond acceptors (Lipinski definition) is 6. The molecule has 0 saturated heterocycles. The summed E-state index contributed by atoms with van der Waals surface area (Å²) < 4.78 is 6.68. The number of carbonyl (C=O) groups is 2. The van der Waals surface area contributed by atoms with Crippen molar-refractivity contribution in [2.75, 3.05) is 0 Å². The Bertz CT molecular complexity index is 1240. The van der Waals surface area contributed by atoms with Crippen molar-refractivity contribution in [1.82, 2.24) is 10.1 Å². The van der Waals surface area contributed by atoms with Crippen LogP contribution in [0.25, 0.3) is 21.5 Å². The number of ketones is 1. The molecule has 2 heterocycles. The van der Waals surface area contributed by atoms with Gasteiger partial charge in [-0.15, -0.1) is 11.3 Å². The first kappa shape index (κ1) is 18.9. The standard InChI is InChI=1S/C24H22N2O4S/c27-16(19-12-5-7-13(8-6-12)20(19)24(28)29)11-18-21(15-3-1-2-4-17(15)31-18)23-25-22(26-30-23)14-9-10-14/h1-4,12-14H,5-11H2,(H,28,29). The molecule has 6 nitrogen and oxygen atoms in total. The summed E-state index contributed by atoms with van der Waals surface area (Å²) in [5, 5.41) is 15.0. The Morgan fingerprint density at radius 2 is 1.68 bits per heavy atom. The molecule has 1 aromatic carbocycles. The number of allylic oxidation sites excluding steroid dienone is 1. The van der Waals surface area contributed by atoms with Crippen LogP contribution in [0, 0.1) is 11.8 Å². The number of carboxylic acid groups (broad SMARTS) is 1. The average molecular weight is 435 g/mol. The first-order valence-corrected chi connectivity index (χ1v) is 11.8. The van der Waals surface area contributed by atoms with Crippen molar-refractivity contribution in [3.8, 4) is 11.5 Å². The van der Waals surface area contributed by atoms with Gasteiger partial charge in [0.05, 0.1) is 5.56 Å². The van der Waals surface area contributed by atoms with Crippen LogP contribution < -0.4 is 0 Å². The summed E-state index contributed by atoms with van der Waals surface area (Å²) in [6.07, 6.45) is 5.93. The molecule has 2 bridgehead atoms. The number of aliphatic carboxylic acids is 1. The lowest BCUT2D eigenvalue weighted by Crippen LogP contribution is -2.34. The molecule has 3 aromatic rings. The molecule has 4 aliphatic carbocycles. The highest BCUT2D eigenvalue weighted by Crippen LogP contribution is 2.47. The SMILES string of the molecule is O=C(O)C1=C(C(=O)Cc2sc3ccccc3c2-c2nc(C3CC3)no2)C2CCC1CC2. The van der Waals surface area contributed by atoms with Gasteiger partial charge in [0.1, 0.15) is 0 Å². The van der Waals surface area contributed by atoms with Crippen molar-refractivity contribution in [3.05, 3.63) is 46.1 Å². The van der Waals surface area contributed by atoms with Gasteiger partial charge in [0, 0.05) is 38.4 Å². The van der Waals surface area contributed by atoms with Crippen LogP contribution in [0.4, 0.5) is 0 Å². The molecule has 0 aliphatic heterocycles. The molecule has 7 heteroatoms. The van der Waals surface area contributed by atoms with Crippen LogP contribution >= 0.6 is 11.3 Å². The minimum atomic E-state index is -0.930. The van der Waals surface area contributed by atoms with Crippen LogP contribution in [-0.4, -0.2) is 27.0 Å². The molecule has 0 spiro atoms. The fourth-order valence-corrected chi connectivity index (χ4v) is 6.51. The molecule has 0 radical (unpaired) electrons. The third-order valence-corrected chi connectivity index (χ3v) is 8.12. The van der Waals surface area contributed by atoms with Crippen molar-refractivity contribution in [2.45, 2.75) is 50.9 Å². The third-order valence-electron chi connectivity index (χ3n) is 6.95. The molecular formula is C24H22N2O4S. The fourth-order valence-electron chi connectivity index (χ4n) is 5.32. The molecule has 158 valence electrons. The molecule has 2 saturated carbocycles. The first-order valence-electron chi connectivity index (χ1n) is 10.9. The topological polar surface area (TPSA) is 93.3 Å². The Kier molecular flexibility index (Phi) is 4.35. The summed E-state index contributed by atoms with van der Waals surface area (Å²) in [7, 11) is 0. The van der Waals surface area contributed by atoms with Crippen LogP contribution in [-0.2, 0) is 16.0 Å². The number of thiophene rings is 1. The highest BCUT2D eigenvalue weighted by atomic mass is 32.1. The predicted molar refractivity (Wildman–Crippen MR) is 116 cm³/mol.